The summed E-state index contributed by atoms with van der Waals surface area (Å²) in [6.45, 7) is 7.99. The Morgan fingerprint density at radius 3 is 2.36 bits per heavy atom. The van der Waals surface area contributed by atoms with E-state index < -0.39 is 29.4 Å². The molecule has 0 heterocycles. The third kappa shape index (κ3) is 16.0. The number of nitrogens with two attached hydrogens (primary N) is 2. The van der Waals surface area contributed by atoms with E-state index in [0.717, 1.165) is 21.0 Å². The van der Waals surface area contributed by atoms with Gasteiger partial charge in [-0.25, -0.2) is 14.2 Å². The molecule has 0 aliphatic heterocycles. The number of benzene rings is 1. The summed E-state index contributed by atoms with van der Waals surface area (Å²) in [5.41, 5.74) is 13.6. The van der Waals surface area contributed by atoms with E-state index >= 15 is 0 Å². The molecule has 0 bridgehead atoms. The van der Waals surface area contributed by atoms with E-state index in [2.05, 4.69) is 15.3 Å². The number of hydrogen-bond donors (Lipinski definition) is 5. The molecule has 3 unspecified atom stereocenters. The van der Waals surface area contributed by atoms with Crippen LogP contribution in [0.1, 0.15) is 79.2 Å². The molecule has 0 spiro atoms. The number of aliphatic imine (C=N–C) groups is 3. The minimum atomic E-state index is -2.52. The van der Waals surface area contributed by atoms with Crippen molar-refractivity contribution in [3.05, 3.63) is 65.3 Å². The van der Waals surface area contributed by atoms with Crippen LogP contribution in [0, 0.1) is 11.7 Å². The summed E-state index contributed by atoms with van der Waals surface area (Å²) in [5, 5.41) is 23.3. The normalized spacial score (nSPS) is 15.1. The summed E-state index contributed by atoms with van der Waals surface area (Å²) in [5.74, 6) is -0.934. The lowest BCUT2D eigenvalue weighted by Gasteiger charge is -2.24. The predicted octanol–water partition coefficient (Wildman–Crippen LogP) is 4.52. The van der Waals surface area contributed by atoms with E-state index in [1.165, 1.54) is 26.2 Å². The van der Waals surface area contributed by atoms with E-state index in [1.807, 2.05) is 39.8 Å². The van der Waals surface area contributed by atoms with Crippen molar-refractivity contribution in [3.63, 3.8) is 0 Å². The van der Waals surface area contributed by atoms with Crippen LogP contribution in [0.4, 0.5) is 4.39 Å². The lowest BCUT2D eigenvalue weighted by molar-refractivity contribution is -0.139. The SMILES string of the molecule is C.CC/C=C(/N=C(C(\C=C\CCC(O)CC(=NC)NC(CCCN=C(N)N)C(=O)O)=C(/C)c1ccc(F)cc1)/C(C)C)N(C)S(=O)[O-]. The Balaban J connectivity index is 0.0000212. The number of halogens is 1. The average molecular weight is 679 g/mol. The number of carboxylic acids is 1. The Morgan fingerprint density at radius 2 is 1.85 bits per heavy atom. The maximum Gasteiger partial charge on any atom is 0.326 e. The number of aliphatic hydroxyl groups excluding tert-OH is 1. The Kier molecular flexibility index (Phi) is 20.7. The number of nitrogens with zero attached hydrogens (tertiary/aromatic N) is 4. The topological polar surface area (TPSA) is 202 Å². The van der Waals surface area contributed by atoms with E-state index in [1.54, 1.807) is 18.2 Å². The maximum absolute atomic E-state index is 13.7. The number of carbonyl (C=O) groups is 1. The highest BCUT2D eigenvalue weighted by molar-refractivity contribution is 7.76. The first-order valence-corrected chi connectivity index (χ1v) is 16.2. The number of rotatable bonds is 19. The molecule has 12 nitrogen and oxygen atoms in total. The summed E-state index contributed by atoms with van der Waals surface area (Å²) in [6.07, 6.45) is 6.92. The second-order valence-electron chi connectivity index (χ2n) is 10.9. The van der Waals surface area contributed by atoms with Crippen molar-refractivity contribution in [1.29, 1.82) is 0 Å². The molecule has 0 aliphatic rings. The van der Waals surface area contributed by atoms with E-state index in [0.29, 0.717) is 43.8 Å². The molecule has 1 rings (SSSR count). The fourth-order valence-electron chi connectivity index (χ4n) is 4.38. The van der Waals surface area contributed by atoms with Crippen molar-refractivity contribution in [2.75, 3.05) is 20.6 Å². The summed E-state index contributed by atoms with van der Waals surface area (Å²) in [4.78, 5) is 24.5. The Labute approximate surface area is 281 Å². The number of hydrogen-bond acceptors (Lipinski definition) is 7. The van der Waals surface area contributed by atoms with Crippen molar-refractivity contribution >= 4 is 40.3 Å². The zero-order chi connectivity index (χ0) is 34.8. The summed E-state index contributed by atoms with van der Waals surface area (Å²) < 4.78 is 38.3. The van der Waals surface area contributed by atoms with Gasteiger partial charge >= 0.3 is 5.97 Å². The Bertz CT molecular complexity index is 1340. The number of aliphatic carboxylic acids is 1. The summed E-state index contributed by atoms with van der Waals surface area (Å²) >= 11 is -2.52. The van der Waals surface area contributed by atoms with Gasteiger partial charge in [-0.1, -0.05) is 52.5 Å². The molecular formula is C33H53FN7O5S-. The van der Waals surface area contributed by atoms with Crippen LogP contribution in [-0.4, -0.2) is 79.5 Å². The molecule has 0 aliphatic carbocycles. The van der Waals surface area contributed by atoms with Gasteiger partial charge in [0.25, 0.3) is 0 Å². The van der Waals surface area contributed by atoms with Crippen LogP contribution in [0.2, 0.25) is 0 Å². The van der Waals surface area contributed by atoms with Gasteiger partial charge in [-0.3, -0.25) is 18.5 Å². The largest absolute Gasteiger partial charge is 0.755 e. The van der Waals surface area contributed by atoms with Crippen molar-refractivity contribution in [2.45, 2.75) is 85.8 Å². The summed E-state index contributed by atoms with van der Waals surface area (Å²) in [6, 6.07) is 5.18. The first-order chi connectivity index (χ1) is 21.7. The van der Waals surface area contributed by atoms with Gasteiger partial charge in [0.2, 0.25) is 0 Å². The second-order valence-corrected chi connectivity index (χ2v) is 11.9. The van der Waals surface area contributed by atoms with E-state index in [9.17, 15) is 28.2 Å². The van der Waals surface area contributed by atoms with Crippen LogP contribution in [0.15, 0.2) is 68.9 Å². The van der Waals surface area contributed by atoms with Gasteiger partial charge in [0.15, 0.2) is 5.96 Å². The number of nitrogens with one attached hydrogen (secondary N) is 1. The summed E-state index contributed by atoms with van der Waals surface area (Å²) in [7, 11) is 2.95. The fourth-order valence-corrected chi connectivity index (χ4v) is 4.65. The van der Waals surface area contributed by atoms with Crippen LogP contribution >= 0.6 is 0 Å². The molecule has 7 N–H and O–H groups in total. The molecule has 0 amide bonds. The molecule has 14 heteroatoms. The number of guanidine groups is 1. The predicted molar refractivity (Wildman–Crippen MR) is 190 cm³/mol. The van der Waals surface area contributed by atoms with Crippen LogP contribution in [0.5, 0.6) is 0 Å². The molecule has 0 saturated carbocycles. The highest BCUT2D eigenvalue weighted by Gasteiger charge is 2.20. The molecule has 47 heavy (non-hydrogen) atoms. The zero-order valence-corrected chi connectivity index (χ0v) is 28.4. The van der Waals surface area contributed by atoms with Gasteiger partial charge in [0.1, 0.15) is 17.7 Å². The number of allylic oxidation sites excluding steroid dienone is 5. The molecule has 1 aromatic rings. The first kappa shape index (κ1) is 43.1. The maximum atomic E-state index is 13.7. The van der Waals surface area contributed by atoms with Crippen molar-refractivity contribution < 1.29 is 28.2 Å². The van der Waals surface area contributed by atoms with Crippen LogP contribution < -0.4 is 16.8 Å². The Morgan fingerprint density at radius 1 is 1.21 bits per heavy atom. The minimum absolute atomic E-state index is 0. The molecule has 0 fully saturated rings. The zero-order valence-electron chi connectivity index (χ0n) is 27.6. The fraction of sp³-hybridized carbons (Fsp3) is 0.515. The van der Waals surface area contributed by atoms with Crippen LogP contribution in [0.3, 0.4) is 0 Å². The van der Waals surface area contributed by atoms with Crippen LogP contribution in [0.25, 0.3) is 5.57 Å². The highest BCUT2D eigenvalue weighted by atomic mass is 32.2. The lowest BCUT2D eigenvalue weighted by atomic mass is 9.91. The van der Waals surface area contributed by atoms with Crippen molar-refractivity contribution in [1.82, 2.24) is 9.62 Å². The first-order valence-electron chi connectivity index (χ1n) is 15.2. The van der Waals surface area contributed by atoms with Gasteiger partial charge in [-0.2, -0.15) is 0 Å². The molecule has 264 valence electrons. The Hall–Kier alpha value is -3.88. The monoisotopic (exact) mass is 678 g/mol. The number of aliphatic hydroxyl groups is 1. The number of amidine groups is 1. The second kappa shape index (κ2) is 22.6. The minimum Gasteiger partial charge on any atom is -0.755 e. The molecular weight excluding hydrogens is 625 g/mol. The van der Waals surface area contributed by atoms with E-state index in [-0.39, 0.29) is 43.8 Å². The number of carboxylic acid groups (broad SMARTS) is 1. The van der Waals surface area contributed by atoms with Gasteiger partial charge in [0.05, 0.1) is 17.7 Å². The lowest BCUT2D eigenvalue weighted by Crippen LogP contribution is -2.42. The van der Waals surface area contributed by atoms with Gasteiger partial charge < -0.3 is 31.5 Å². The quantitative estimate of drug-likeness (QED) is 0.0462. The molecule has 1 aromatic carbocycles. The average Bonchev–Trinajstić information content (AvgIpc) is 2.99. The van der Waals surface area contributed by atoms with Gasteiger partial charge in [0, 0.05) is 38.3 Å². The molecule has 0 aromatic heterocycles. The molecule has 3 atom stereocenters. The third-order valence-electron chi connectivity index (χ3n) is 6.91. The van der Waals surface area contributed by atoms with Gasteiger partial charge in [-0.15, -0.1) is 0 Å². The molecule has 0 saturated heterocycles. The van der Waals surface area contributed by atoms with Crippen molar-refractivity contribution in [2.24, 2.45) is 32.4 Å². The smallest absolute Gasteiger partial charge is 0.326 e. The highest BCUT2D eigenvalue weighted by Crippen LogP contribution is 2.25. The van der Waals surface area contributed by atoms with Gasteiger partial charge in [-0.05, 0) is 79.9 Å². The van der Waals surface area contributed by atoms with Crippen LogP contribution in [-0.2, 0) is 16.1 Å². The third-order valence-corrected chi connectivity index (χ3v) is 7.54. The molecule has 0 radical (unpaired) electrons. The van der Waals surface area contributed by atoms with Crippen molar-refractivity contribution in [3.8, 4) is 0 Å². The van der Waals surface area contributed by atoms with E-state index in [4.69, 9.17) is 16.5 Å². The standard InChI is InChI=1S/C32H50FN7O5S.CH4/c1-7-11-29(40(6)46(44)45)39-30(21(2)3)26(22(4)23-15-17-24(33)18-16-23)13-9-8-12-25(41)20-28(36-5)38-27(31(42)43)14-10-19-37-32(34)35;/h9,11,13,15-18,21,25,27,41H,7-8,10,12,14,19-20H2,1-6H3,(H,36,38)(H,42,43)(H,44,45)(H4,34,35,37);1H4/p-1/b13-9+,26-22+,29-11-,39-30-;.